The van der Waals surface area contributed by atoms with Crippen LogP contribution in [0, 0.1) is 5.82 Å². The van der Waals surface area contributed by atoms with Crippen molar-refractivity contribution in [2.45, 2.75) is 12.3 Å². The van der Waals surface area contributed by atoms with Crippen LogP contribution in [-0.4, -0.2) is 11.0 Å². The minimum atomic E-state index is -0.688. The van der Waals surface area contributed by atoms with Gasteiger partial charge in [0.15, 0.2) is 0 Å². The van der Waals surface area contributed by atoms with Gasteiger partial charge in [-0.15, -0.1) is 0 Å². The molecule has 6 heteroatoms. The topological polar surface area (TPSA) is 59.2 Å². The van der Waals surface area contributed by atoms with Crippen LogP contribution in [0.1, 0.15) is 23.5 Å². The molecule has 0 aliphatic carbocycles. The zero-order valence-corrected chi connectivity index (χ0v) is 13.9. The number of ether oxygens (including phenoxy) is 1. The van der Waals surface area contributed by atoms with Crippen LogP contribution in [0.4, 0.5) is 4.39 Å². The van der Waals surface area contributed by atoms with Gasteiger partial charge in [0.1, 0.15) is 11.6 Å². The normalized spacial score (nSPS) is 16.8. The number of carbonyl (C=O) groups is 1. The van der Waals surface area contributed by atoms with Crippen LogP contribution >= 0.6 is 15.9 Å². The van der Waals surface area contributed by atoms with Gasteiger partial charge < -0.3 is 9.72 Å². The molecule has 0 radical (unpaired) electrons. The van der Waals surface area contributed by atoms with Crippen molar-refractivity contribution in [2.24, 2.45) is 0 Å². The fraction of sp³-hybridized carbons (Fsp3) is 0.111. The van der Waals surface area contributed by atoms with Crippen molar-refractivity contribution >= 4 is 32.8 Å². The second kappa shape index (κ2) is 5.56. The number of aromatic amines is 1. The Hall–Kier alpha value is -2.47. The summed E-state index contributed by atoms with van der Waals surface area (Å²) in [5.41, 5.74) is 0.776. The number of esters is 1. The molecule has 0 saturated heterocycles. The zero-order chi connectivity index (χ0) is 16.8. The molecule has 1 N–H and O–H groups in total. The Labute approximate surface area is 144 Å². The first-order valence-corrected chi connectivity index (χ1v) is 8.14. The number of hydrogen-bond donors (Lipinski definition) is 1. The van der Waals surface area contributed by atoms with E-state index in [-0.39, 0.29) is 23.3 Å². The van der Waals surface area contributed by atoms with Gasteiger partial charge >= 0.3 is 5.97 Å². The molecule has 0 fully saturated rings. The molecule has 1 aliphatic rings. The number of fused-ring (bicyclic) bond motifs is 3. The van der Waals surface area contributed by atoms with Gasteiger partial charge in [-0.1, -0.05) is 28.1 Å². The first-order chi connectivity index (χ1) is 11.5. The highest BCUT2D eigenvalue weighted by Crippen LogP contribution is 2.41. The first-order valence-electron chi connectivity index (χ1n) is 7.35. The molecule has 2 heterocycles. The molecule has 0 amide bonds. The Morgan fingerprint density at radius 3 is 2.79 bits per heavy atom. The number of hydrogen-bond acceptors (Lipinski definition) is 3. The van der Waals surface area contributed by atoms with Gasteiger partial charge in [-0.25, -0.2) is 4.39 Å². The highest BCUT2D eigenvalue weighted by molar-refractivity contribution is 9.10. The van der Waals surface area contributed by atoms with Crippen molar-refractivity contribution in [3.05, 3.63) is 74.2 Å². The molecule has 0 bridgehead atoms. The van der Waals surface area contributed by atoms with Crippen molar-refractivity contribution in [3.63, 3.8) is 0 Å². The van der Waals surface area contributed by atoms with Gasteiger partial charge in [-0.3, -0.25) is 9.59 Å². The third-order valence-corrected chi connectivity index (χ3v) is 4.67. The van der Waals surface area contributed by atoms with E-state index in [1.165, 1.54) is 6.07 Å². The van der Waals surface area contributed by atoms with Crippen LogP contribution in [0.5, 0.6) is 5.75 Å². The van der Waals surface area contributed by atoms with Crippen molar-refractivity contribution in [3.8, 4) is 5.75 Å². The van der Waals surface area contributed by atoms with Crippen LogP contribution in [0.15, 0.2) is 51.7 Å². The molecule has 0 spiro atoms. The predicted octanol–water partition coefficient (Wildman–Crippen LogP) is 3.87. The summed E-state index contributed by atoms with van der Waals surface area (Å²) in [4.78, 5) is 27.5. The van der Waals surface area contributed by atoms with Crippen LogP contribution in [-0.2, 0) is 4.79 Å². The Morgan fingerprint density at radius 1 is 1.17 bits per heavy atom. The lowest BCUT2D eigenvalue weighted by Gasteiger charge is -2.25. The van der Waals surface area contributed by atoms with Gasteiger partial charge in [-0.05, 0) is 35.9 Å². The average molecular weight is 388 g/mol. The van der Waals surface area contributed by atoms with E-state index in [1.807, 2.05) is 0 Å². The Morgan fingerprint density at radius 2 is 1.96 bits per heavy atom. The molecule has 4 nitrogen and oxygen atoms in total. The zero-order valence-electron chi connectivity index (χ0n) is 12.3. The molecule has 120 valence electrons. The summed E-state index contributed by atoms with van der Waals surface area (Å²) in [5, 5.41) is 0.626. The largest absolute Gasteiger partial charge is 0.425 e. The van der Waals surface area contributed by atoms with E-state index in [2.05, 4.69) is 20.9 Å². The van der Waals surface area contributed by atoms with E-state index in [0.29, 0.717) is 20.9 Å². The van der Waals surface area contributed by atoms with Crippen molar-refractivity contribution in [1.82, 2.24) is 4.98 Å². The third kappa shape index (κ3) is 2.34. The summed E-state index contributed by atoms with van der Waals surface area (Å²) in [6.45, 7) is 0. The molecule has 1 atom stereocenters. The fourth-order valence-corrected chi connectivity index (χ4v) is 3.50. The van der Waals surface area contributed by atoms with Crippen molar-refractivity contribution < 1.29 is 13.9 Å². The van der Waals surface area contributed by atoms with Crippen LogP contribution in [0.3, 0.4) is 0 Å². The molecule has 2 aromatic carbocycles. The van der Waals surface area contributed by atoms with E-state index >= 15 is 0 Å². The van der Waals surface area contributed by atoms with E-state index < -0.39 is 17.7 Å². The Bertz CT molecular complexity index is 1040. The minimum Gasteiger partial charge on any atom is -0.425 e. The molecule has 1 aliphatic heterocycles. The number of rotatable bonds is 1. The number of benzene rings is 2. The third-order valence-electron chi connectivity index (χ3n) is 4.18. The molecule has 0 saturated carbocycles. The monoisotopic (exact) mass is 387 g/mol. The number of carbonyl (C=O) groups excluding carboxylic acids is 1. The lowest BCUT2D eigenvalue weighted by molar-refractivity contribution is -0.135. The lowest BCUT2D eigenvalue weighted by atomic mass is 9.86. The van der Waals surface area contributed by atoms with E-state index in [0.717, 1.165) is 0 Å². The summed E-state index contributed by atoms with van der Waals surface area (Å²) in [5.74, 6) is -1.42. The first kappa shape index (κ1) is 15.1. The summed E-state index contributed by atoms with van der Waals surface area (Å²) < 4.78 is 20.4. The van der Waals surface area contributed by atoms with Crippen LogP contribution in [0.25, 0.3) is 10.9 Å². The molecule has 1 aromatic heterocycles. The van der Waals surface area contributed by atoms with Crippen molar-refractivity contribution in [1.29, 1.82) is 0 Å². The Kier molecular flexibility index (Phi) is 3.49. The van der Waals surface area contributed by atoms with Crippen LogP contribution in [0.2, 0.25) is 0 Å². The van der Waals surface area contributed by atoms with E-state index in [9.17, 15) is 14.0 Å². The predicted molar refractivity (Wildman–Crippen MR) is 90.8 cm³/mol. The summed E-state index contributed by atoms with van der Waals surface area (Å²) in [6.07, 6.45) is -0.0816. The van der Waals surface area contributed by atoms with E-state index in [4.69, 9.17) is 4.74 Å². The molecule has 3 aromatic rings. The number of halogens is 2. The smallest absolute Gasteiger partial charge is 0.312 e. The maximum absolute atomic E-state index is 14.3. The second-order valence-electron chi connectivity index (χ2n) is 5.64. The fourth-order valence-electron chi connectivity index (χ4n) is 3.13. The van der Waals surface area contributed by atoms with Gasteiger partial charge in [0.2, 0.25) is 0 Å². The standard InChI is InChI=1S/C18H11BrFNO3/c19-9-5-6-13(20)11(7-9)12-8-15(22)24-17-10-3-1-2-4-14(10)21-18(23)16(12)17/h1-7,12H,8H2,(H,21,23)/t12-/m1/s1. The molecular formula is C18H11BrFNO3. The minimum absolute atomic E-state index is 0.0816. The number of nitrogens with one attached hydrogen (secondary N) is 1. The van der Waals surface area contributed by atoms with Gasteiger partial charge in [0, 0.05) is 15.8 Å². The number of para-hydroxylation sites is 1. The summed E-state index contributed by atoms with van der Waals surface area (Å²) >= 11 is 3.31. The summed E-state index contributed by atoms with van der Waals surface area (Å²) in [7, 11) is 0. The Balaban J connectivity index is 2.04. The highest BCUT2D eigenvalue weighted by Gasteiger charge is 2.34. The lowest BCUT2D eigenvalue weighted by Crippen LogP contribution is -2.28. The summed E-state index contributed by atoms with van der Waals surface area (Å²) in [6, 6.07) is 11.5. The molecule has 24 heavy (non-hydrogen) atoms. The average Bonchev–Trinajstić information content (AvgIpc) is 2.56. The van der Waals surface area contributed by atoms with Gasteiger partial charge in [0.05, 0.1) is 17.5 Å². The van der Waals surface area contributed by atoms with Crippen molar-refractivity contribution in [2.75, 3.05) is 0 Å². The maximum Gasteiger partial charge on any atom is 0.312 e. The number of pyridine rings is 1. The SMILES string of the molecule is O=C1C[C@H](c2cc(Br)ccc2F)c2c(c3ccccc3[nH]c2=O)O1. The van der Waals surface area contributed by atoms with Gasteiger partial charge in [-0.2, -0.15) is 0 Å². The van der Waals surface area contributed by atoms with Crippen LogP contribution < -0.4 is 10.3 Å². The number of H-pyrrole nitrogens is 1. The molecular weight excluding hydrogens is 377 g/mol. The molecule has 4 rings (SSSR count). The number of aromatic nitrogens is 1. The molecule has 0 unspecified atom stereocenters. The van der Waals surface area contributed by atoms with E-state index in [1.54, 1.807) is 36.4 Å². The maximum atomic E-state index is 14.3. The highest BCUT2D eigenvalue weighted by atomic mass is 79.9. The second-order valence-corrected chi connectivity index (χ2v) is 6.55. The van der Waals surface area contributed by atoms with Gasteiger partial charge in [0.25, 0.3) is 5.56 Å². The quantitative estimate of drug-likeness (QED) is 0.644.